The summed E-state index contributed by atoms with van der Waals surface area (Å²) in [6.45, 7) is 4.92. The molecule has 3 aliphatic heterocycles. The number of piperazine rings is 1. The van der Waals surface area contributed by atoms with Gasteiger partial charge in [0.05, 0.1) is 18.6 Å². The average Bonchev–Trinajstić information content (AvgIpc) is 3.26. The van der Waals surface area contributed by atoms with Crippen LogP contribution < -0.4 is 5.32 Å². The molecule has 10 nitrogen and oxygen atoms in total. The number of rotatable bonds is 6. The van der Waals surface area contributed by atoms with Crippen LogP contribution in [0.3, 0.4) is 0 Å². The Kier molecular flexibility index (Phi) is 7.72. The molecule has 11 heteroatoms. The lowest BCUT2D eigenvalue weighted by atomic mass is 9.99. The molecule has 166 valence electrons. The summed E-state index contributed by atoms with van der Waals surface area (Å²) in [4.78, 5) is 25.8. The van der Waals surface area contributed by atoms with Crippen molar-refractivity contribution in [3.05, 3.63) is 0 Å². The van der Waals surface area contributed by atoms with Crippen LogP contribution in [0.15, 0.2) is 0 Å². The first-order valence-electron chi connectivity index (χ1n) is 10.5. The molecule has 2 unspecified atom stereocenters. The summed E-state index contributed by atoms with van der Waals surface area (Å²) < 4.78 is 39.4. The van der Waals surface area contributed by atoms with Crippen LogP contribution in [-0.2, 0) is 24.5 Å². The summed E-state index contributed by atoms with van der Waals surface area (Å²) >= 11 is 0. The minimum atomic E-state index is -3.66. The number of nitrogens with zero attached hydrogens (tertiary/aromatic N) is 3. The van der Waals surface area contributed by atoms with Crippen molar-refractivity contribution in [2.45, 2.75) is 38.7 Å². The number of carbonyl (C=O) groups excluding carboxylic acids is 2. The quantitative estimate of drug-likeness (QED) is 0.634. The third-order valence-electron chi connectivity index (χ3n) is 5.70. The molecule has 0 aromatic carbocycles. The summed E-state index contributed by atoms with van der Waals surface area (Å²) in [5.41, 5.74) is 0. The van der Waals surface area contributed by atoms with Crippen molar-refractivity contribution in [3.63, 3.8) is 0 Å². The van der Waals surface area contributed by atoms with Gasteiger partial charge in [0.15, 0.2) is 0 Å². The van der Waals surface area contributed by atoms with E-state index in [4.69, 9.17) is 9.47 Å². The van der Waals surface area contributed by atoms with Crippen molar-refractivity contribution in [1.82, 2.24) is 18.8 Å². The molecular formula is C18H32N4O6S. The van der Waals surface area contributed by atoms with Gasteiger partial charge in [0.2, 0.25) is 5.91 Å². The Morgan fingerprint density at radius 3 is 2.48 bits per heavy atom. The maximum Gasteiger partial charge on any atom is 0.409 e. The van der Waals surface area contributed by atoms with E-state index in [2.05, 4.69) is 5.32 Å². The fourth-order valence-electron chi connectivity index (χ4n) is 4.01. The monoisotopic (exact) mass is 432 g/mol. The Balaban J connectivity index is 1.51. The third-order valence-corrected chi connectivity index (χ3v) is 7.70. The second kappa shape index (κ2) is 10.1. The van der Waals surface area contributed by atoms with Gasteiger partial charge in [-0.05, 0) is 32.6 Å². The number of hydrogen-bond donors (Lipinski definition) is 1. The van der Waals surface area contributed by atoms with Crippen LogP contribution >= 0.6 is 0 Å². The van der Waals surface area contributed by atoms with E-state index in [1.807, 2.05) is 0 Å². The Morgan fingerprint density at radius 2 is 1.83 bits per heavy atom. The van der Waals surface area contributed by atoms with Crippen LogP contribution in [0, 0.1) is 5.92 Å². The largest absolute Gasteiger partial charge is 0.450 e. The molecule has 29 heavy (non-hydrogen) atoms. The molecule has 0 saturated carbocycles. The van der Waals surface area contributed by atoms with Crippen molar-refractivity contribution >= 4 is 22.2 Å². The van der Waals surface area contributed by atoms with E-state index >= 15 is 0 Å². The van der Waals surface area contributed by atoms with Crippen molar-refractivity contribution in [3.8, 4) is 0 Å². The number of hydrogen-bond acceptors (Lipinski definition) is 6. The van der Waals surface area contributed by atoms with Crippen molar-refractivity contribution in [1.29, 1.82) is 0 Å². The van der Waals surface area contributed by atoms with Gasteiger partial charge < -0.3 is 19.7 Å². The van der Waals surface area contributed by atoms with Crippen LogP contribution in [0.1, 0.15) is 32.6 Å². The predicted molar refractivity (Wildman–Crippen MR) is 105 cm³/mol. The van der Waals surface area contributed by atoms with Crippen LogP contribution in [-0.4, -0.2) is 99.1 Å². The van der Waals surface area contributed by atoms with Gasteiger partial charge in [-0.2, -0.15) is 17.0 Å². The molecular weight excluding hydrogens is 400 g/mol. The van der Waals surface area contributed by atoms with E-state index < -0.39 is 16.3 Å². The predicted octanol–water partition coefficient (Wildman–Crippen LogP) is 0.0125. The normalized spacial score (nSPS) is 27.0. The Labute approximate surface area is 172 Å². The maximum absolute atomic E-state index is 13.0. The number of ether oxygens (including phenoxy) is 2. The maximum atomic E-state index is 13.0. The van der Waals surface area contributed by atoms with Crippen molar-refractivity contribution < 1.29 is 27.5 Å². The molecule has 2 amide bonds. The molecule has 0 aromatic heterocycles. The molecule has 0 radical (unpaired) electrons. The SMILES string of the molecule is CCOC(=O)N1CCN(S(=O)(=O)N2CCCC(C(=O)NCC3CCCO3)C2)CC1. The topological polar surface area (TPSA) is 108 Å². The number of piperidine rings is 1. The fraction of sp³-hybridized carbons (Fsp3) is 0.889. The zero-order chi connectivity index (χ0) is 20.9. The highest BCUT2D eigenvalue weighted by molar-refractivity contribution is 7.86. The standard InChI is InChI=1S/C18H32N4O6S/c1-2-27-18(24)20-8-10-21(11-9-20)29(25,26)22-7-3-5-15(14-22)17(23)19-13-16-6-4-12-28-16/h15-16H,2-14H2,1H3,(H,19,23). The van der Waals surface area contributed by atoms with Crippen molar-refractivity contribution in [2.24, 2.45) is 5.92 Å². The summed E-state index contributed by atoms with van der Waals surface area (Å²) in [6, 6.07) is 0. The Hall–Kier alpha value is -1.43. The lowest BCUT2D eigenvalue weighted by Crippen LogP contribution is -2.56. The first-order chi connectivity index (χ1) is 13.9. The van der Waals surface area contributed by atoms with E-state index in [0.717, 1.165) is 19.4 Å². The smallest absolute Gasteiger partial charge is 0.409 e. The van der Waals surface area contributed by atoms with Gasteiger partial charge in [-0.25, -0.2) is 4.79 Å². The molecule has 3 heterocycles. The molecule has 3 rings (SSSR count). The summed E-state index contributed by atoms with van der Waals surface area (Å²) in [7, 11) is -3.66. The number of carbonyl (C=O) groups is 2. The van der Waals surface area contributed by atoms with Gasteiger partial charge >= 0.3 is 6.09 Å². The molecule has 0 aromatic rings. The summed E-state index contributed by atoms with van der Waals surface area (Å²) in [5.74, 6) is -0.451. The first kappa shape index (κ1) is 22.3. The Morgan fingerprint density at radius 1 is 1.07 bits per heavy atom. The van der Waals surface area contributed by atoms with Gasteiger partial charge in [0.25, 0.3) is 10.2 Å². The van der Waals surface area contributed by atoms with Gasteiger partial charge in [-0.1, -0.05) is 0 Å². The second-order valence-corrected chi connectivity index (χ2v) is 9.60. The van der Waals surface area contributed by atoms with Gasteiger partial charge in [-0.3, -0.25) is 4.79 Å². The molecule has 2 atom stereocenters. The lowest BCUT2D eigenvalue weighted by molar-refractivity contribution is -0.126. The molecule has 3 aliphatic rings. The van der Waals surface area contributed by atoms with Crippen LogP contribution in [0.25, 0.3) is 0 Å². The van der Waals surface area contributed by atoms with E-state index in [1.54, 1.807) is 6.92 Å². The molecule has 1 N–H and O–H groups in total. The van der Waals surface area contributed by atoms with E-state index in [-0.39, 0.29) is 37.6 Å². The van der Waals surface area contributed by atoms with Crippen LogP contribution in [0.4, 0.5) is 4.79 Å². The zero-order valence-corrected chi connectivity index (χ0v) is 17.9. The lowest BCUT2D eigenvalue weighted by Gasteiger charge is -2.38. The highest BCUT2D eigenvalue weighted by Gasteiger charge is 2.38. The van der Waals surface area contributed by atoms with E-state index in [9.17, 15) is 18.0 Å². The van der Waals surface area contributed by atoms with E-state index in [1.165, 1.54) is 13.5 Å². The first-order valence-corrected chi connectivity index (χ1v) is 11.9. The second-order valence-electron chi connectivity index (χ2n) is 7.67. The molecule has 3 saturated heterocycles. The minimum Gasteiger partial charge on any atom is -0.450 e. The third kappa shape index (κ3) is 5.59. The van der Waals surface area contributed by atoms with Gasteiger partial charge in [0.1, 0.15) is 0 Å². The average molecular weight is 433 g/mol. The van der Waals surface area contributed by atoms with E-state index in [0.29, 0.717) is 45.6 Å². The summed E-state index contributed by atoms with van der Waals surface area (Å²) in [5, 5.41) is 2.92. The highest BCUT2D eigenvalue weighted by atomic mass is 32.2. The number of amides is 2. The van der Waals surface area contributed by atoms with Crippen LogP contribution in [0.5, 0.6) is 0 Å². The molecule has 3 fully saturated rings. The molecule has 0 bridgehead atoms. The zero-order valence-electron chi connectivity index (χ0n) is 17.0. The molecule has 0 spiro atoms. The van der Waals surface area contributed by atoms with Gasteiger partial charge in [-0.15, -0.1) is 0 Å². The highest BCUT2D eigenvalue weighted by Crippen LogP contribution is 2.22. The number of nitrogens with one attached hydrogen (secondary N) is 1. The Bertz CT molecular complexity index is 674. The van der Waals surface area contributed by atoms with Crippen LogP contribution in [0.2, 0.25) is 0 Å². The minimum absolute atomic E-state index is 0.0677. The fourth-order valence-corrected chi connectivity index (χ4v) is 5.69. The molecule has 0 aliphatic carbocycles. The van der Waals surface area contributed by atoms with Gasteiger partial charge in [0, 0.05) is 52.4 Å². The van der Waals surface area contributed by atoms with Crippen molar-refractivity contribution in [2.75, 3.05) is 59.0 Å². The summed E-state index contributed by atoms with van der Waals surface area (Å²) in [6.07, 6.45) is 2.95.